The lowest BCUT2D eigenvalue weighted by atomic mass is 9.82. The van der Waals surface area contributed by atoms with Gasteiger partial charge in [-0.05, 0) is 31.9 Å². The third-order valence-electron chi connectivity index (χ3n) is 3.97. The van der Waals surface area contributed by atoms with Gasteiger partial charge in [0.2, 0.25) is 0 Å². The number of benzene rings is 1. The summed E-state index contributed by atoms with van der Waals surface area (Å²) in [5, 5.41) is 3.63. The van der Waals surface area contributed by atoms with E-state index in [0.29, 0.717) is 0 Å². The summed E-state index contributed by atoms with van der Waals surface area (Å²) in [6, 6.07) is 6.64. The molecule has 1 aliphatic heterocycles. The van der Waals surface area contributed by atoms with Crippen LogP contribution in [0.4, 0.5) is 0 Å². The van der Waals surface area contributed by atoms with E-state index < -0.39 is 0 Å². The van der Waals surface area contributed by atoms with Gasteiger partial charge in [0.15, 0.2) is 0 Å². The smallest absolute Gasteiger partial charge is 0.0926 e. The predicted octanol–water partition coefficient (Wildman–Crippen LogP) is 2.44. The molecule has 94 valence electrons. The van der Waals surface area contributed by atoms with Gasteiger partial charge in [-0.15, -0.1) is 0 Å². The third-order valence-corrected chi connectivity index (χ3v) is 3.97. The third kappa shape index (κ3) is 1.58. The largest absolute Gasteiger partial charge is 0.348 e. The second kappa shape index (κ2) is 3.95. The first-order valence-corrected chi connectivity index (χ1v) is 6.47. The van der Waals surface area contributed by atoms with Crippen molar-refractivity contribution in [3.8, 4) is 0 Å². The van der Waals surface area contributed by atoms with Crippen LogP contribution in [0.25, 0.3) is 0 Å². The summed E-state index contributed by atoms with van der Waals surface area (Å²) in [7, 11) is 0. The van der Waals surface area contributed by atoms with Crippen LogP contribution < -0.4 is 5.32 Å². The first kappa shape index (κ1) is 11.5. The maximum atomic E-state index is 4.53. The molecule has 1 unspecified atom stereocenters. The molecule has 2 aromatic rings. The van der Waals surface area contributed by atoms with Crippen molar-refractivity contribution >= 4 is 0 Å². The Morgan fingerprint density at radius 1 is 1.28 bits per heavy atom. The summed E-state index contributed by atoms with van der Waals surface area (Å²) in [4.78, 5) is 7.79. The van der Waals surface area contributed by atoms with Gasteiger partial charge in [0.05, 0.1) is 17.6 Å². The Kier molecular flexibility index (Phi) is 2.52. The zero-order valence-electron chi connectivity index (χ0n) is 11.2. The molecule has 0 fully saturated rings. The van der Waals surface area contributed by atoms with Crippen LogP contribution in [0.5, 0.6) is 0 Å². The van der Waals surface area contributed by atoms with E-state index in [1.54, 1.807) is 6.33 Å². The Labute approximate surface area is 108 Å². The molecule has 0 amide bonds. The molecular weight excluding hydrogens is 222 g/mol. The van der Waals surface area contributed by atoms with Crippen molar-refractivity contribution in [2.75, 3.05) is 6.54 Å². The van der Waals surface area contributed by atoms with Gasteiger partial charge in [-0.3, -0.25) is 0 Å². The maximum Gasteiger partial charge on any atom is 0.0926 e. The summed E-state index contributed by atoms with van der Waals surface area (Å²) < 4.78 is 0. The highest BCUT2D eigenvalue weighted by Crippen LogP contribution is 2.34. The van der Waals surface area contributed by atoms with Gasteiger partial charge < -0.3 is 10.3 Å². The van der Waals surface area contributed by atoms with Crippen LogP contribution >= 0.6 is 0 Å². The Balaban J connectivity index is 2.17. The number of aryl methyl sites for hydroxylation is 2. The second-order valence-electron chi connectivity index (χ2n) is 5.35. The van der Waals surface area contributed by atoms with Gasteiger partial charge in [0.25, 0.3) is 0 Å². The number of hydrogen-bond donors (Lipinski definition) is 2. The number of H-pyrrole nitrogens is 1. The maximum absolute atomic E-state index is 4.53. The molecule has 3 heteroatoms. The number of fused-ring (bicyclic) bond motifs is 1. The molecule has 0 aliphatic carbocycles. The highest BCUT2D eigenvalue weighted by Gasteiger charge is 2.36. The Bertz CT molecular complexity index is 585. The number of nitrogens with zero attached hydrogens (tertiary/aromatic N) is 1. The van der Waals surface area contributed by atoms with E-state index in [1.807, 2.05) is 0 Å². The highest BCUT2D eigenvalue weighted by molar-refractivity contribution is 5.43. The van der Waals surface area contributed by atoms with Crippen LogP contribution in [0, 0.1) is 13.8 Å². The molecule has 0 saturated heterocycles. The minimum Gasteiger partial charge on any atom is -0.348 e. The number of rotatable bonds is 1. The topological polar surface area (TPSA) is 40.7 Å². The standard InChI is InChI=1S/C15H19N3/c1-10-4-5-12(11(2)8-10)15(3)14-13(6-7-18-15)16-9-17-14/h4-5,8-9,18H,6-7H2,1-3H3,(H,16,17). The Morgan fingerprint density at radius 2 is 2.11 bits per heavy atom. The summed E-state index contributed by atoms with van der Waals surface area (Å²) >= 11 is 0. The fraction of sp³-hybridized carbons (Fsp3) is 0.400. The van der Waals surface area contributed by atoms with Crippen molar-refractivity contribution in [1.29, 1.82) is 0 Å². The van der Waals surface area contributed by atoms with Crippen molar-refractivity contribution in [3.63, 3.8) is 0 Å². The molecular formula is C15H19N3. The molecule has 1 aromatic carbocycles. The summed E-state index contributed by atoms with van der Waals surface area (Å²) in [5.41, 5.74) is 6.17. The zero-order chi connectivity index (χ0) is 12.8. The lowest BCUT2D eigenvalue weighted by Gasteiger charge is -2.35. The van der Waals surface area contributed by atoms with Gasteiger partial charge in [-0.2, -0.15) is 0 Å². The number of hydrogen-bond acceptors (Lipinski definition) is 2. The van der Waals surface area contributed by atoms with E-state index >= 15 is 0 Å². The first-order chi connectivity index (χ1) is 8.61. The average molecular weight is 241 g/mol. The van der Waals surface area contributed by atoms with Crippen molar-refractivity contribution in [2.24, 2.45) is 0 Å². The lowest BCUT2D eigenvalue weighted by Crippen LogP contribution is -2.46. The summed E-state index contributed by atoms with van der Waals surface area (Å²) in [6.45, 7) is 7.52. The molecule has 1 aliphatic rings. The summed E-state index contributed by atoms with van der Waals surface area (Å²) in [6.07, 6.45) is 2.83. The van der Waals surface area contributed by atoms with Gasteiger partial charge in [0, 0.05) is 18.7 Å². The van der Waals surface area contributed by atoms with E-state index in [9.17, 15) is 0 Å². The minimum atomic E-state index is -0.175. The van der Waals surface area contributed by atoms with Crippen molar-refractivity contribution in [1.82, 2.24) is 15.3 Å². The first-order valence-electron chi connectivity index (χ1n) is 6.47. The zero-order valence-corrected chi connectivity index (χ0v) is 11.2. The quantitative estimate of drug-likeness (QED) is 0.805. The van der Waals surface area contributed by atoms with E-state index in [2.05, 4.69) is 54.3 Å². The molecule has 1 aromatic heterocycles. The van der Waals surface area contributed by atoms with Crippen LogP contribution in [-0.2, 0) is 12.0 Å². The molecule has 0 radical (unpaired) electrons. The van der Waals surface area contributed by atoms with Crippen molar-refractivity contribution in [3.05, 3.63) is 52.6 Å². The van der Waals surface area contributed by atoms with E-state index in [4.69, 9.17) is 0 Å². The van der Waals surface area contributed by atoms with Gasteiger partial charge in [0.1, 0.15) is 0 Å². The number of nitrogens with one attached hydrogen (secondary N) is 2. The van der Waals surface area contributed by atoms with Crippen molar-refractivity contribution in [2.45, 2.75) is 32.7 Å². The van der Waals surface area contributed by atoms with Crippen LogP contribution in [0.15, 0.2) is 24.5 Å². The van der Waals surface area contributed by atoms with E-state index in [0.717, 1.165) is 18.7 Å². The lowest BCUT2D eigenvalue weighted by molar-refractivity contribution is 0.402. The predicted molar refractivity (Wildman–Crippen MR) is 72.7 cm³/mol. The number of imidazole rings is 1. The SMILES string of the molecule is Cc1ccc(C2(C)NCCc3[nH]cnc32)c(C)c1. The Morgan fingerprint density at radius 3 is 2.89 bits per heavy atom. The molecule has 2 N–H and O–H groups in total. The fourth-order valence-corrected chi connectivity index (χ4v) is 3.06. The normalized spacial score (nSPS) is 22.8. The molecule has 18 heavy (non-hydrogen) atoms. The molecule has 0 spiro atoms. The molecule has 0 bridgehead atoms. The molecule has 3 nitrogen and oxygen atoms in total. The molecule has 3 rings (SSSR count). The van der Waals surface area contributed by atoms with Crippen LogP contribution in [0.1, 0.15) is 35.0 Å². The van der Waals surface area contributed by atoms with Crippen molar-refractivity contribution < 1.29 is 0 Å². The fourth-order valence-electron chi connectivity index (χ4n) is 3.06. The number of aromatic amines is 1. The summed E-state index contributed by atoms with van der Waals surface area (Å²) in [5.74, 6) is 0. The molecule has 2 heterocycles. The van der Waals surface area contributed by atoms with Crippen LogP contribution in [0.2, 0.25) is 0 Å². The Hall–Kier alpha value is -1.61. The van der Waals surface area contributed by atoms with Gasteiger partial charge in [-0.25, -0.2) is 4.98 Å². The average Bonchev–Trinajstić information content (AvgIpc) is 2.78. The molecule has 1 atom stereocenters. The van der Waals surface area contributed by atoms with Crippen LogP contribution in [0.3, 0.4) is 0 Å². The van der Waals surface area contributed by atoms with E-state index in [1.165, 1.54) is 22.4 Å². The minimum absolute atomic E-state index is 0.175. The highest BCUT2D eigenvalue weighted by atomic mass is 15.1. The molecule has 0 saturated carbocycles. The van der Waals surface area contributed by atoms with Crippen LogP contribution in [-0.4, -0.2) is 16.5 Å². The van der Waals surface area contributed by atoms with Gasteiger partial charge >= 0.3 is 0 Å². The van der Waals surface area contributed by atoms with Gasteiger partial charge in [-0.1, -0.05) is 23.8 Å². The monoisotopic (exact) mass is 241 g/mol. The second-order valence-corrected chi connectivity index (χ2v) is 5.35. The number of aromatic nitrogens is 2. The van der Waals surface area contributed by atoms with E-state index in [-0.39, 0.29) is 5.54 Å².